The lowest BCUT2D eigenvalue weighted by molar-refractivity contribution is -0.149. The predicted octanol–water partition coefficient (Wildman–Crippen LogP) is 13.4. The highest BCUT2D eigenvalue weighted by Crippen LogP contribution is 2.21. The minimum atomic E-state index is -0.0232. The van der Waals surface area contributed by atoms with Crippen LogP contribution in [0.3, 0.4) is 0 Å². The Bertz CT molecular complexity index is 755. The number of carbonyl (C=O) groups is 3. The molecule has 0 N–H and O–H groups in total. The molecule has 0 aliphatic rings. The normalized spacial score (nSPS) is 12.7. The summed E-state index contributed by atoms with van der Waals surface area (Å²) >= 11 is 1.90. The molecule has 290 valence electrons. The number of rotatable bonds is 38. The number of hydrogen-bond donors (Lipinski definition) is 0. The molecule has 5 nitrogen and oxygen atoms in total. The summed E-state index contributed by atoms with van der Waals surface area (Å²) in [5.41, 5.74) is 0. The molecule has 0 aliphatic heterocycles. The molecule has 0 aromatic heterocycles. The molecule has 2 atom stereocenters. The Kier molecular flexibility index (Phi) is 36.0. The fraction of sp³-hybridized carbons (Fsp3) is 0.930. The maximum Gasteiger partial charge on any atom is 0.308 e. The maximum atomic E-state index is 12.8. The molecular formula is C43H82O5S. The van der Waals surface area contributed by atoms with Gasteiger partial charge >= 0.3 is 11.9 Å². The molecule has 0 fully saturated rings. The minimum absolute atomic E-state index is 0.00956. The van der Waals surface area contributed by atoms with Gasteiger partial charge in [-0.3, -0.25) is 14.4 Å². The summed E-state index contributed by atoms with van der Waals surface area (Å²) in [7, 11) is 0. The number of thioether (sulfide) groups is 1. The Hall–Kier alpha value is -1.04. The third kappa shape index (κ3) is 33.8. The van der Waals surface area contributed by atoms with Crippen molar-refractivity contribution >= 4 is 29.5 Å². The lowest BCUT2D eigenvalue weighted by atomic mass is 9.94. The lowest BCUT2D eigenvalue weighted by Gasteiger charge is -2.18. The van der Waals surface area contributed by atoms with Gasteiger partial charge in [0.15, 0.2) is 0 Å². The third-order valence-electron chi connectivity index (χ3n) is 9.63. The van der Waals surface area contributed by atoms with Gasteiger partial charge in [0, 0.05) is 25.0 Å². The summed E-state index contributed by atoms with van der Waals surface area (Å²) in [6.07, 6.45) is 31.0. The van der Waals surface area contributed by atoms with E-state index >= 15 is 0 Å². The lowest BCUT2D eigenvalue weighted by Crippen LogP contribution is -2.21. The first kappa shape index (κ1) is 48.0. The Morgan fingerprint density at radius 2 is 1.02 bits per heavy atom. The number of ether oxygens (including phenoxy) is 2. The second-order valence-corrected chi connectivity index (χ2v) is 16.3. The topological polar surface area (TPSA) is 69.7 Å². The van der Waals surface area contributed by atoms with E-state index < -0.39 is 0 Å². The van der Waals surface area contributed by atoms with Crippen molar-refractivity contribution in [2.75, 3.05) is 18.1 Å². The highest BCUT2D eigenvalue weighted by molar-refractivity contribution is 7.99. The monoisotopic (exact) mass is 711 g/mol. The van der Waals surface area contributed by atoms with E-state index in [-0.39, 0.29) is 24.0 Å². The van der Waals surface area contributed by atoms with E-state index in [0.29, 0.717) is 37.6 Å². The summed E-state index contributed by atoms with van der Waals surface area (Å²) in [4.78, 5) is 37.7. The van der Waals surface area contributed by atoms with E-state index in [9.17, 15) is 14.4 Å². The molecule has 0 saturated heterocycles. The van der Waals surface area contributed by atoms with Crippen molar-refractivity contribution in [2.24, 2.45) is 11.8 Å². The molecular weight excluding hydrogens is 629 g/mol. The van der Waals surface area contributed by atoms with Crippen LogP contribution in [0.25, 0.3) is 0 Å². The van der Waals surface area contributed by atoms with Gasteiger partial charge in [0.2, 0.25) is 0 Å². The van der Waals surface area contributed by atoms with Crippen LogP contribution in [0.5, 0.6) is 0 Å². The Balaban J connectivity index is 4.08. The van der Waals surface area contributed by atoms with Gasteiger partial charge < -0.3 is 9.47 Å². The van der Waals surface area contributed by atoms with Gasteiger partial charge in [0.05, 0.1) is 12.5 Å². The quantitative estimate of drug-likeness (QED) is 0.0469. The first-order valence-electron chi connectivity index (χ1n) is 21.3. The number of esters is 2. The molecule has 0 rings (SSSR count). The van der Waals surface area contributed by atoms with Crippen molar-refractivity contribution < 1.29 is 23.9 Å². The molecule has 49 heavy (non-hydrogen) atoms. The summed E-state index contributed by atoms with van der Waals surface area (Å²) in [5, 5.41) is 0. The first-order valence-corrected chi connectivity index (χ1v) is 22.4. The van der Waals surface area contributed by atoms with E-state index in [1.165, 1.54) is 77.0 Å². The van der Waals surface area contributed by atoms with E-state index in [0.717, 1.165) is 101 Å². The van der Waals surface area contributed by atoms with Gasteiger partial charge in [-0.2, -0.15) is 11.8 Å². The predicted molar refractivity (Wildman–Crippen MR) is 212 cm³/mol. The number of unbranched alkanes of at least 4 members (excludes halogenated alkanes) is 16. The SMILES string of the molecule is CCCCCCCCC(CCCCCC)C(=O)OCCCCCC(=O)CCCCCSCC(CCCCCC)OC(=O)CCCCC(C)C. The van der Waals surface area contributed by atoms with Crippen molar-refractivity contribution in [1.82, 2.24) is 0 Å². The van der Waals surface area contributed by atoms with Crippen molar-refractivity contribution in [3.05, 3.63) is 0 Å². The van der Waals surface area contributed by atoms with Crippen molar-refractivity contribution in [2.45, 2.75) is 227 Å². The Morgan fingerprint density at radius 3 is 1.63 bits per heavy atom. The van der Waals surface area contributed by atoms with Crippen LogP contribution < -0.4 is 0 Å². The second kappa shape index (κ2) is 36.7. The fourth-order valence-electron chi connectivity index (χ4n) is 6.34. The maximum absolute atomic E-state index is 12.8. The summed E-state index contributed by atoms with van der Waals surface area (Å²) < 4.78 is 11.6. The van der Waals surface area contributed by atoms with Crippen molar-refractivity contribution in [3.63, 3.8) is 0 Å². The van der Waals surface area contributed by atoms with Crippen LogP contribution >= 0.6 is 11.8 Å². The second-order valence-electron chi connectivity index (χ2n) is 15.1. The van der Waals surface area contributed by atoms with E-state index in [1.807, 2.05) is 11.8 Å². The van der Waals surface area contributed by atoms with E-state index in [2.05, 4.69) is 34.6 Å². The average molecular weight is 711 g/mol. The van der Waals surface area contributed by atoms with Crippen LogP contribution in [-0.4, -0.2) is 41.9 Å². The standard InChI is InChI=1S/C43H82O5S/c1-6-9-12-15-16-20-30-39(29-19-13-10-7-2)43(46)47-35-26-17-21-31-40(44)32-22-18-27-36-49-37-41(33-23-14-11-8-3)48-42(45)34-25-24-28-38(4)5/h38-39,41H,6-37H2,1-5H3. The number of hydrogen-bond acceptors (Lipinski definition) is 6. The summed E-state index contributed by atoms with van der Waals surface area (Å²) in [6, 6.07) is 0. The highest BCUT2D eigenvalue weighted by Gasteiger charge is 2.19. The molecule has 2 unspecified atom stereocenters. The molecule has 0 spiro atoms. The molecule has 0 heterocycles. The van der Waals surface area contributed by atoms with Gasteiger partial charge in [-0.15, -0.1) is 0 Å². The summed E-state index contributed by atoms with van der Waals surface area (Å²) in [6.45, 7) is 11.6. The van der Waals surface area contributed by atoms with Crippen LogP contribution in [0.1, 0.15) is 221 Å². The van der Waals surface area contributed by atoms with Gasteiger partial charge in [-0.05, 0) is 75.9 Å². The zero-order chi connectivity index (χ0) is 36.2. The molecule has 0 radical (unpaired) electrons. The van der Waals surface area contributed by atoms with Crippen LogP contribution in [0, 0.1) is 11.8 Å². The van der Waals surface area contributed by atoms with E-state index in [1.54, 1.807) is 0 Å². The van der Waals surface area contributed by atoms with Crippen LogP contribution in [0.15, 0.2) is 0 Å². The molecule has 0 aromatic carbocycles. The van der Waals surface area contributed by atoms with Gasteiger partial charge in [0.1, 0.15) is 11.9 Å². The zero-order valence-corrected chi connectivity index (χ0v) is 34.1. The minimum Gasteiger partial charge on any atom is -0.465 e. The fourth-order valence-corrected chi connectivity index (χ4v) is 7.42. The highest BCUT2D eigenvalue weighted by atomic mass is 32.2. The van der Waals surface area contributed by atoms with Gasteiger partial charge in [0.25, 0.3) is 0 Å². The smallest absolute Gasteiger partial charge is 0.308 e. The van der Waals surface area contributed by atoms with Crippen molar-refractivity contribution in [1.29, 1.82) is 0 Å². The zero-order valence-electron chi connectivity index (χ0n) is 33.3. The molecule has 0 bridgehead atoms. The number of Topliss-reactive ketones (excluding diaryl/α,β-unsaturated/α-hetero) is 1. The number of ketones is 1. The number of carbonyl (C=O) groups excluding carboxylic acids is 3. The molecule has 0 aromatic rings. The third-order valence-corrected chi connectivity index (χ3v) is 10.8. The Morgan fingerprint density at radius 1 is 0.531 bits per heavy atom. The molecule has 6 heteroatoms. The largest absolute Gasteiger partial charge is 0.465 e. The Labute approximate surface area is 309 Å². The summed E-state index contributed by atoms with van der Waals surface area (Å²) in [5.74, 6) is 3.04. The average Bonchev–Trinajstić information content (AvgIpc) is 3.08. The van der Waals surface area contributed by atoms with Crippen molar-refractivity contribution in [3.8, 4) is 0 Å². The van der Waals surface area contributed by atoms with Crippen LogP contribution in [0.2, 0.25) is 0 Å². The molecule has 0 amide bonds. The van der Waals surface area contributed by atoms with Gasteiger partial charge in [-0.1, -0.05) is 137 Å². The van der Waals surface area contributed by atoms with Crippen LogP contribution in [0.4, 0.5) is 0 Å². The van der Waals surface area contributed by atoms with Gasteiger partial charge in [-0.25, -0.2) is 0 Å². The van der Waals surface area contributed by atoms with E-state index in [4.69, 9.17) is 9.47 Å². The van der Waals surface area contributed by atoms with Crippen LogP contribution in [-0.2, 0) is 23.9 Å². The first-order chi connectivity index (χ1) is 23.8. The molecule has 0 aliphatic carbocycles. The molecule has 0 saturated carbocycles.